The highest BCUT2D eigenvalue weighted by Gasteiger charge is 2.32. The van der Waals surface area contributed by atoms with Gasteiger partial charge in [0, 0.05) is 0 Å². The molecule has 0 aromatic heterocycles. The summed E-state index contributed by atoms with van der Waals surface area (Å²) in [6, 6.07) is 0. The summed E-state index contributed by atoms with van der Waals surface area (Å²) in [4.78, 5) is 11.4. The molecule has 0 aliphatic heterocycles. The van der Waals surface area contributed by atoms with Gasteiger partial charge in [0.05, 0.1) is 12.7 Å². The first kappa shape index (κ1) is 14.5. The Morgan fingerprint density at radius 1 is 1.53 bits per heavy atom. The Balaban J connectivity index is 2.43. The number of carbonyl (C=O) groups excluding carboxylic acids is 1. The quantitative estimate of drug-likeness (QED) is 0.740. The Hall–Kier alpha value is -0.610. The summed E-state index contributed by atoms with van der Waals surface area (Å²) < 4.78 is 5.87. The van der Waals surface area contributed by atoms with Crippen molar-refractivity contribution in [3.63, 3.8) is 0 Å². The maximum Gasteiger partial charge on any atom is 0.239 e. The monoisotopic (exact) mass is 242 g/mol. The molecule has 1 amide bonds. The summed E-state index contributed by atoms with van der Waals surface area (Å²) >= 11 is 0. The lowest BCUT2D eigenvalue weighted by Gasteiger charge is -2.32. The fraction of sp³-hybridized carbons (Fsp3) is 0.923. The van der Waals surface area contributed by atoms with E-state index in [1.165, 1.54) is 12.8 Å². The predicted molar refractivity (Wildman–Crippen MR) is 68.6 cm³/mol. The van der Waals surface area contributed by atoms with Crippen LogP contribution in [0.2, 0.25) is 0 Å². The van der Waals surface area contributed by atoms with Gasteiger partial charge >= 0.3 is 0 Å². The van der Waals surface area contributed by atoms with Crippen LogP contribution in [0.25, 0.3) is 0 Å². The molecule has 0 radical (unpaired) electrons. The molecule has 1 rings (SSSR count). The average Bonchev–Trinajstić information content (AvgIpc) is 2.27. The van der Waals surface area contributed by atoms with Crippen molar-refractivity contribution in [3.05, 3.63) is 0 Å². The molecule has 3 N–H and O–H groups in total. The number of ether oxygens (including phenoxy) is 1. The van der Waals surface area contributed by atoms with E-state index >= 15 is 0 Å². The SMILES string of the molecule is CCNC(C)(COC1CCCC(C)C1)C(N)=O. The third-order valence-electron chi connectivity index (χ3n) is 3.61. The maximum absolute atomic E-state index is 11.4. The molecule has 0 aromatic rings. The standard InChI is InChI=1S/C13H26N2O2/c1-4-15-13(3,12(14)16)9-17-11-7-5-6-10(2)8-11/h10-11,15H,4-9H2,1-3H3,(H2,14,16). The van der Waals surface area contributed by atoms with Crippen LogP contribution in [0.4, 0.5) is 0 Å². The number of nitrogens with one attached hydrogen (secondary N) is 1. The summed E-state index contributed by atoms with van der Waals surface area (Å²) in [5, 5.41) is 3.11. The van der Waals surface area contributed by atoms with E-state index < -0.39 is 5.54 Å². The van der Waals surface area contributed by atoms with E-state index in [-0.39, 0.29) is 12.0 Å². The summed E-state index contributed by atoms with van der Waals surface area (Å²) in [5.41, 5.74) is 4.68. The minimum absolute atomic E-state index is 0.288. The van der Waals surface area contributed by atoms with E-state index in [1.54, 1.807) is 0 Å². The first-order valence-corrected chi connectivity index (χ1v) is 6.64. The molecule has 1 aliphatic rings. The van der Waals surface area contributed by atoms with E-state index in [2.05, 4.69) is 12.2 Å². The van der Waals surface area contributed by atoms with Crippen molar-refractivity contribution < 1.29 is 9.53 Å². The molecular weight excluding hydrogens is 216 g/mol. The van der Waals surface area contributed by atoms with Crippen LogP contribution in [-0.2, 0) is 9.53 Å². The Morgan fingerprint density at radius 3 is 2.76 bits per heavy atom. The minimum atomic E-state index is -0.741. The highest BCUT2D eigenvalue weighted by molar-refractivity contribution is 5.84. The first-order chi connectivity index (χ1) is 7.98. The van der Waals surface area contributed by atoms with Crippen LogP contribution in [-0.4, -0.2) is 30.7 Å². The summed E-state index contributed by atoms with van der Waals surface area (Å²) in [6.07, 6.45) is 5.00. The number of primary amides is 1. The van der Waals surface area contributed by atoms with E-state index in [4.69, 9.17) is 10.5 Å². The third kappa shape index (κ3) is 4.28. The predicted octanol–water partition coefficient (Wildman–Crippen LogP) is 1.44. The largest absolute Gasteiger partial charge is 0.376 e. The van der Waals surface area contributed by atoms with Crippen molar-refractivity contribution in [2.45, 2.75) is 58.1 Å². The molecule has 0 saturated heterocycles. The van der Waals surface area contributed by atoms with E-state index in [1.807, 2.05) is 13.8 Å². The van der Waals surface area contributed by atoms with Crippen LogP contribution in [0.1, 0.15) is 46.5 Å². The van der Waals surface area contributed by atoms with Gasteiger partial charge in [0.15, 0.2) is 0 Å². The van der Waals surface area contributed by atoms with Gasteiger partial charge in [-0.05, 0) is 32.2 Å². The van der Waals surface area contributed by atoms with Crippen LogP contribution in [0, 0.1) is 5.92 Å². The van der Waals surface area contributed by atoms with Gasteiger partial charge < -0.3 is 15.8 Å². The molecule has 3 unspecified atom stereocenters. The number of likely N-dealkylation sites (N-methyl/N-ethyl adjacent to an activating group) is 1. The molecule has 17 heavy (non-hydrogen) atoms. The Morgan fingerprint density at radius 2 is 2.24 bits per heavy atom. The molecule has 1 saturated carbocycles. The van der Waals surface area contributed by atoms with Gasteiger partial charge in [-0.1, -0.05) is 26.7 Å². The van der Waals surface area contributed by atoms with Crippen molar-refractivity contribution in [2.75, 3.05) is 13.2 Å². The Kier molecular flexibility index (Phi) is 5.40. The normalized spacial score (nSPS) is 28.6. The number of rotatable bonds is 6. The lowest BCUT2D eigenvalue weighted by atomic mass is 9.88. The van der Waals surface area contributed by atoms with Crippen LogP contribution in [0.5, 0.6) is 0 Å². The number of hydrogen-bond acceptors (Lipinski definition) is 3. The van der Waals surface area contributed by atoms with E-state index in [0.29, 0.717) is 13.2 Å². The molecule has 0 bridgehead atoms. The third-order valence-corrected chi connectivity index (χ3v) is 3.61. The highest BCUT2D eigenvalue weighted by atomic mass is 16.5. The zero-order valence-electron chi connectivity index (χ0n) is 11.3. The molecule has 1 fully saturated rings. The van der Waals surface area contributed by atoms with Gasteiger partial charge in [0.2, 0.25) is 5.91 Å². The van der Waals surface area contributed by atoms with Crippen LogP contribution < -0.4 is 11.1 Å². The lowest BCUT2D eigenvalue weighted by Crippen LogP contribution is -2.56. The molecule has 0 heterocycles. The van der Waals surface area contributed by atoms with Gasteiger partial charge in [0.25, 0.3) is 0 Å². The molecule has 0 spiro atoms. The van der Waals surface area contributed by atoms with Gasteiger partial charge in [-0.25, -0.2) is 0 Å². The molecule has 1 aliphatic carbocycles. The van der Waals surface area contributed by atoms with Gasteiger partial charge in [-0.15, -0.1) is 0 Å². The van der Waals surface area contributed by atoms with Crippen LogP contribution >= 0.6 is 0 Å². The average molecular weight is 242 g/mol. The number of hydrogen-bond donors (Lipinski definition) is 2. The Bertz CT molecular complexity index is 258. The van der Waals surface area contributed by atoms with Gasteiger partial charge in [0.1, 0.15) is 5.54 Å². The number of nitrogens with two attached hydrogens (primary N) is 1. The van der Waals surface area contributed by atoms with Gasteiger partial charge in [-0.3, -0.25) is 4.79 Å². The summed E-state index contributed by atoms with van der Waals surface area (Å²) in [7, 11) is 0. The van der Waals surface area contributed by atoms with Crippen molar-refractivity contribution in [2.24, 2.45) is 11.7 Å². The first-order valence-electron chi connectivity index (χ1n) is 6.64. The van der Waals surface area contributed by atoms with Crippen LogP contribution in [0.3, 0.4) is 0 Å². The fourth-order valence-corrected chi connectivity index (χ4v) is 2.41. The second kappa shape index (κ2) is 6.36. The number of carbonyl (C=O) groups is 1. The second-order valence-electron chi connectivity index (χ2n) is 5.43. The minimum Gasteiger partial charge on any atom is -0.376 e. The molecular formula is C13H26N2O2. The Labute approximate surface area is 104 Å². The van der Waals surface area contributed by atoms with Crippen molar-refractivity contribution in [1.29, 1.82) is 0 Å². The van der Waals surface area contributed by atoms with E-state index in [9.17, 15) is 4.79 Å². The molecule has 4 heteroatoms. The molecule has 100 valence electrons. The summed E-state index contributed by atoms with van der Waals surface area (Å²) in [6.45, 7) is 7.11. The van der Waals surface area contributed by atoms with Gasteiger partial charge in [-0.2, -0.15) is 0 Å². The van der Waals surface area contributed by atoms with Crippen molar-refractivity contribution in [3.8, 4) is 0 Å². The lowest BCUT2D eigenvalue weighted by molar-refractivity contribution is -0.128. The maximum atomic E-state index is 11.4. The molecule has 3 atom stereocenters. The highest BCUT2D eigenvalue weighted by Crippen LogP contribution is 2.26. The zero-order chi connectivity index (χ0) is 12.9. The molecule has 0 aromatic carbocycles. The molecule has 4 nitrogen and oxygen atoms in total. The fourth-order valence-electron chi connectivity index (χ4n) is 2.41. The summed E-state index contributed by atoms with van der Waals surface area (Å²) in [5.74, 6) is 0.385. The van der Waals surface area contributed by atoms with Crippen molar-refractivity contribution in [1.82, 2.24) is 5.32 Å². The number of amides is 1. The topological polar surface area (TPSA) is 64.3 Å². The zero-order valence-corrected chi connectivity index (χ0v) is 11.3. The van der Waals surface area contributed by atoms with E-state index in [0.717, 1.165) is 18.8 Å². The second-order valence-corrected chi connectivity index (χ2v) is 5.43. The van der Waals surface area contributed by atoms with Crippen LogP contribution in [0.15, 0.2) is 0 Å². The van der Waals surface area contributed by atoms with Crippen molar-refractivity contribution >= 4 is 5.91 Å². The smallest absolute Gasteiger partial charge is 0.239 e.